The Morgan fingerprint density at radius 1 is 0.969 bits per heavy atom. The summed E-state index contributed by atoms with van der Waals surface area (Å²) in [6, 6.07) is 10.2. The van der Waals surface area contributed by atoms with Crippen molar-refractivity contribution in [3.05, 3.63) is 69.3 Å². The van der Waals surface area contributed by atoms with E-state index < -0.39 is 38.5 Å². The molecule has 3 heterocycles. The molecular formula is C43H65N9O10S2. The van der Waals surface area contributed by atoms with Gasteiger partial charge in [0.15, 0.2) is 0 Å². The Hall–Kier alpha value is -4.16. The molecule has 2 amide bonds. The fourth-order valence-electron chi connectivity index (χ4n) is 7.63. The van der Waals surface area contributed by atoms with Crippen LogP contribution in [0.1, 0.15) is 44.9 Å². The van der Waals surface area contributed by atoms with Crippen LogP contribution < -0.4 is 21.1 Å². The zero-order chi connectivity index (χ0) is 46.3. The molecule has 5 rings (SSSR count). The normalized spacial score (nSPS) is 18.0. The van der Waals surface area contributed by atoms with Gasteiger partial charge in [-0.05, 0) is 48.6 Å². The number of nitro groups is 1. The van der Waals surface area contributed by atoms with E-state index in [1.165, 1.54) is 17.0 Å². The topological polar surface area (TPSA) is 244 Å². The molecule has 6 N–H and O–H groups in total. The van der Waals surface area contributed by atoms with Crippen molar-refractivity contribution in [1.29, 1.82) is 0 Å². The van der Waals surface area contributed by atoms with Crippen molar-refractivity contribution in [2.45, 2.75) is 70.2 Å². The second-order valence-corrected chi connectivity index (χ2v) is 19.5. The molecule has 3 aromatic rings. The number of aliphatic hydroxyl groups excluding tert-OH is 1. The quantitative estimate of drug-likeness (QED) is 0.0466. The number of nitro benzene ring substituents is 1. The highest BCUT2D eigenvalue weighted by Crippen LogP contribution is 2.29. The van der Waals surface area contributed by atoms with Gasteiger partial charge in [0.2, 0.25) is 21.8 Å². The maximum absolute atomic E-state index is 13.9. The second-order valence-electron chi connectivity index (χ2n) is 17.1. The lowest BCUT2D eigenvalue weighted by Crippen LogP contribution is -2.56. The number of piperazine rings is 1. The van der Waals surface area contributed by atoms with Crippen molar-refractivity contribution in [3.63, 3.8) is 0 Å². The Balaban J connectivity index is 0.884. The second kappa shape index (κ2) is 24.4. The maximum Gasteiger partial charge on any atom is 0.293 e. The number of nitrogens with zero attached hydrogens (tertiary/aromatic N) is 5. The molecule has 0 spiro atoms. The number of carbonyl (C=O) groups excluding carboxylic acids is 2. The van der Waals surface area contributed by atoms with Crippen molar-refractivity contribution in [2.75, 3.05) is 104 Å². The minimum absolute atomic E-state index is 0.105. The van der Waals surface area contributed by atoms with Crippen molar-refractivity contribution in [3.8, 4) is 10.4 Å². The van der Waals surface area contributed by atoms with Gasteiger partial charge in [0.05, 0.1) is 71.1 Å². The molecule has 21 heteroatoms. The number of sulfonamides is 1. The largest absolute Gasteiger partial charge is 0.391 e. The van der Waals surface area contributed by atoms with Crippen molar-refractivity contribution >= 4 is 44.5 Å². The molecule has 0 unspecified atom stereocenters. The number of β-amino-alcohol motifs (C(OH)–C–C–N with tert-alkyl or cyclic N) is 1. The van der Waals surface area contributed by atoms with Crippen LogP contribution in [0.4, 0.5) is 11.4 Å². The van der Waals surface area contributed by atoms with Gasteiger partial charge in [-0.1, -0.05) is 45.0 Å². The number of nitrogens with one attached hydrogen (secondary N) is 3. The van der Waals surface area contributed by atoms with E-state index in [1.54, 1.807) is 11.3 Å². The first-order chi connectivity index (χ1) is 30.5. The summed E-state index contributed by atoms with van der Waals surface area (Å²) in [6.45, 7) is 17.1. The molecule has 19 nitrogen and oxygen atoms in total. The molecule has 0 saturated carbocycles. The minimum atomic E-state index is -4.04. The van der Waals surface area contributed by atoms with Crippen LogP contribution >= 0.6 is 11.3 Å². The number of likely N-dealkylation sites (tertiary alicyclic amines) is 1. The molecule has 2 saturated heterocycles. The van der Waals surface area contributed by atoms with Gasteiger partial charge in [-0.2, -0.15) is 0 Å². The maximum atomic E-state index is 13.9. The van der Waals surface area contributed by atoms with Crippen molar-refractivity contribution in [2.24, 2.45) is 10.6 Å². The smallest absolute Gasteiger partial charge is 0.293 e. The number of nitrogens with two attached hydrogens (primary N) is 1. The van der Waals surface area contributed by atoms with Crippen LogP contribution in [0.3, 0.4) is 0 Å². The van der Waals surface area contributed by atoms with Crippen LogP contribution in [-0.4, -0.2) is 167 Å². The molecule has 0 bridgehead atoms. The lowest BCUT2D eigenvalue weighted by atomic mass is 9.85. The van der Waals surface area contributed by atoms with E-state index in [2.05, 4.69) is 30.7 Å². The van der Waals surface area contributed by atoms with Gasteiger partial charge in [-0.3, -0.25) is 29.5 Å². The summed E-state index contributed by atoms with van der Waals surface area (Å²) in [7, 11) is -4.04. The molecule has 3 atom stereocenters. The van der Waals surface area contributed by atoms with Crippen LogP contribution in [0.5, 0.6) is 0 Å². The molecule has 1 aromatic heterocycles. The zero-order valence-corrected chi connectivity index (χ0v) is 39.0. The van der Waals surface area contributed by atoms with Crippen molar-refractivity contribution in [1.82, 2.24) is 30.3 Å². The Kier molecular flexibility index (Phi) is 19.4. The number of anilines is 1. The predicted molar refractivity (Wildman–Crippen MR) is 244 cm³/mol. The highest BCUT2D eigenvalue weighted by molar-refractivity contribution is 7.89. The third-order valence-corrected chi connectivity index (χ3v) is 13.1. The Morgan fingerprint density at radius 2 is 1.61 bits per heavy atom. The number of hydrogen-bond acceptors (Lipinski definition) is 16. The van der Waals surface area contributed by atoms with Gasteiger partial charge < -0.3 is 40.2 Å². The average molecular weight is 932 g/mol. The fraction of sp³-hybridized carbons (Fsp3) is 0.605. The van der Waals surface area contributed by atoms with Gasteiger partial charge in [-0.15, -0.1) is 11.3 Å². The van der Waals surface area contributed by atoms with Gasteiger partial charge in [0.1, 0.15) is 11.7 Å². The third kappa shape index (κ3) is 15.5. The zero-order valence-electron chi connectivity index (χ0n) is 37.3. The van der Waals surface area contributed by atoms with Crippen molar-refractivity contribution < 1.29 is 42.2 Å². The number of primary sulfonamides is 1. The molecule has 0 aliphatic carbocycles. The summed E-state index contributed by atoms with van der Waals surface area (Å²) in [5.41, 5.74) is 4.28. The first kappa shape index (κ1) is 50.8. The SMILES string of the molecule is Cc1ncsc1-c1ccc(CNC(=O)[C@@H]2C[C@@H](O)CN2C(=O)[C@@H](NCCCOCCOCCOCCN2CCN(CCNc3ccc(S(N)(=O)=O)cc3[N+](=O)[O-])CC2)C(C)(C)C)cc1. The van der Waals surface area contributed by atoms with E-state index in [9.17, 15) is 33.2 Å². The predicted octanol–water partition coefficient (Wildman–Crippen LogP) is 2.43. The molecule has 2 fully saturated rings. The van der Waals surface area contributed by atoms with E-state index >= 15 is 0 Å². The third-order valence-electron chi connectivity index (χ3n) is 11.2. The average Bonchev–Trinajstić information content (AvgIpc) is 3.87. The van der Waals surface area contributed by atoms with Gasteiger partial charge in [0, 0.05) is 78.0 Å². The molecular weight excluding hydrogens is 867 g/mol. The number of carbonyl (C=O) groups is 2. The summed E-state index contributed by atoms with van der Waals surface area (Å²) in [4.78, 5) is 49.4. The molecule has 354 valence electrons. The number of amides is 2. The van der Waals surface area contributed by atoms with E-state index in [-0.39, 0.29) is 41.1 Å². The Bertz CT molecular complexity index is 2080. The van der Waals surface area contributed by atoms with E-state index in [0.29, 0.717) is 72.2 Å². The van der Waals surface area contributed by atoms with Crippen LogP contribution in [0, 0.1) is 22.5 Å². The monoisotopic (exact) mass is 931 g/mol. The summed E-state index contributed by atoms with van der Waals surface area (Å²) >= 11 is 1.59. The first-order valence-electron chi connectivity index (χ1n) is 21.7. The lowest BCUT2D eigenvalue weighted by molar-refractivity contribution is -0.384. The van der Waals surface area contributed by atoms with Gasteiger partial charge in [-0.25, -0.2) is 18.5 Å². The van der Waals surface area contributed by atoms with E-state index in [1.807, 2.05) is 57.5 Å². The molecule has 64 heavy (non-hydrogen) atoms. The number of aryl methyl sites for hydroxylation is 1. The van der Waals surface area contributed by atoms with Crippen LogP contribution in [0.15, 0.2) is 52.9 Å². The number of aliphatic hydroxyl groups is 1. The molecule has 2 aromatic carbocycles. The fourth-order valence-corrected chi connectivity index (χ4v) is 8.97. The number of ether oxygens (including phenoxy) is 3. The Morgan fingerprint density at radius 3 is 2.22 bits per heavy atom. The summed E-state index contributed by atoms with van der Waals surface area (Å²) in [5.74, 6) is -0.490. The highest BCUT2D eigenvalue weighted by Gasteiger charge is 2.43. The molecule has 0 radical (unpaired) electrons. The first-order valence-corrected chi connectivity index (χ1v) is 24.2. The number of benzene rings is 2. The lowest BCUT2D eigenvalue weighted by Gasteiger charge is -2.35. The number of thiazole rings is 1. The number of aromatic nitrogens is 1. The number of hydrogen-bond donors (Lipinski definition) is 5. The van der Waals surface area contributed by atoms with Crippen LogP contribution in [0.25, 0.3) is 10.4 Å². The summed E-state index contributed by atoms with van der Waals surface area (Å²) in [6.07, 6.45) is 0.0842. The van der Waals surface area contributed by atoms with E-state index in [0.717, 1.165) is 60.5 Å². The van der Waals surface area contributed by atoms with Gasteiger partial charge in [0.25, 0.3) is 5.69 Å². The summed E-state index contributed by atoms with van der Waals surface area (Å²) in [5, 5.41) is 36.5. The van der Waals surface area contributed by atoms with E-state index in [4.69, 9.17) is 19.3 Å². The Labute approximate surface area is 380 Å². The van der Waals surface area contributed by atoms with Crippen LogP contribution in [-0.2, 0) is 40.4 Å². The minimum Gasteiger partial charge on any atom is -0.391 e. The highest BCUT2D eigenvalue weighted by atomic mass is 32.2. The molecule has 2 aliphatic heterocycles. The molecule has 2 aliphatic rings. The van der Waals surface area contributed by atoms with Crippen LogP contribution in [0.2, 0.25) is 0 Å². The standard InChI is InChI=1S/C43H65N9O10S2/c1-31-39(63-30-48-31)33-8-6-32(7-9-33)28-47-41(54)38-26-34(53)29-51(38)42(55)40(43(2,3)4)46-12-5-20-60-22-24-62-25-23-61-21-19-50-17-15-49(16-18-50)14-13-45-36-11-10-35(64(44,58)59)27-37(36)52(56)57/h6-11,27,30,34,38,40,45-46,53H,5,12-26,28-29H2,1-4H3,(H,47,54)(H2,44,58,59)/t34-,38+,40-/m1/s1. The van der Waals surface area contributed by atoms with Gasteiger partial charge >= 0.3 is 0 Å². The number of rotatable bonds is 25. The summed E-state index contributed by atoms with van der Waals surface area (Å²) < 4.78 is 40.3.